The number of rotatable bonds is 5. The van der Waals surface area contributed by atoms with Crippen molar-refractivity contribution in [2.45, 2.75) is 37.1 Å². The predicted molar refractivity (Wildman–Crippen MR) is 75.7 cm³/mol. The van der Waals surface area contributed by atoms with E-state index in [2.05, 4.69) is 0 Å². The molecule has 0 aromatic heterocycles. The fraction of sp³-hybridized carbons (Fsp3) is 0.500. The van der Waals surface area contributed by atoms with E-state index in [1.807, 2.05) is 6.92 Å². The lowest BCUT2D eigenvalue weighted by molar-refractivity contribution is 0.380. The first kappa shape index (κ1) is 16.7. The molecule has 0 saturated carbocycles. The van der Waals surface area contributed by atoms with Crippen LogP contribution in [0.1, 0.15) is 25.8 Å². The van der Waals surface area contributed by atoms with Crippen LogP contribution in [-0.4, -0.2) is 25.8 Å². The molecule has 0 radical (unpaired) electrons. The molecule has 7 heteroatoms. The van der Waals surface area contributed by atoms with Crippen LogP contribution >= 0.6 is 23.2 Å². The number of hydrogen-bond donors (Lipinski definition) is 0. The number of halogens is 3. The van der Waals surface area contributed by atoms with Crippen LogP contribution in [0.2, 0.25) is 5.02 Å². The Morgan fingerprint density at radius 1 is 1.42 bits per heavy atom. The van der Waals surface area contributed by atoms with Gasteiger partial charge in [-0.25, -0.2) is 12.8 Å². The fourth-order valence-corrected chi connectivity index (χ4v) is 3.48. The fourth-order valence-electron chi connectivity index (χ4n) is 1.52. The number of nitrogens with zero attached hydrogens (tertiary/aromatic N) is 1. The molecule has 19 heavy (non-hydrogen) atoms. The molecule has 108 valence electrons. The van der Waals surface area contributed by atoms with E-state index in [-0.39, 0.29) is 27.4 Å². The maximum Gasteiger partial charge on any atom is 0.243 e. The van der Waals surface area contributed by atoms with Gasteiger partial charge in [0.05, 0.1) is 9.92 Å². The van der Waals surface area contributed by atoms with Crippen LogP contribution in [-0.2, 0) is 15.9 Å². The lowest BCUT2D eigenvalue weighted by Gasteiger charge is -2.23. The van der Waals surface area contributed by atoms with Crippen molar-refractivity contribution in [1.82, 2.24) is 4.31 Å². The Bertz CT molecular complexity index is 563. The molecule has 0 aliphatic rings. The molecule has 0 fully saturated rings. The van der Waals surface area contributed by atoms with E-state index >= 15 is 0 Å². The average molecular weight is 328 g/mol. The van der Waals surface area contributed by atoms with Crippen LogP contribution in [0, 0.1) is 5.82 Å². The molecule has 0 aliphatic carbocycles. The van der Waals surface area contributed by atoms with E-state index in [1.165, 1.54) is 17.4 Å². The predicted octanol–water partition coefficient (Wildman–Crippen LogP) is 3.64. The van der Waals surface area contributed by atoms with Crippen molar-refractivity contribution in [2.24, 2.45) is 0 Å². The molecule has 1 aromatic carbocycles. The molecular formula is C12H16Cl2FNO2S. The Morgan fingerprint density at radius 3 is 2.47 bits per heavy atom. The zero-order chi connectivity index (χ0) is 14.8. The lowest BCUT2D eigenvalue weighted by Crippen LogP contribution is -2.34. The summed E-state index contributed by atoms with van der Waals surface area (Å²) < 4.78 is 39.5. The zero-order valence-corrected chi connectivity index (χ0v) is 13.3. The highest BCUT2D eigenvalue weighted by Gasteiger charge is 2.26. The van der Waals surface area contributed by atoms with Gasteiger partial charge in [-0.3, -0.25) is 0 Å². The third-order valence-corrected chi connectivity index (χ3v) is 5.77. The van der Waals surface area contributed by atoms with Crippen molar-refractivity contribution < 1.29 is 12.8 Å². The Kier molecular flexibility index (Phi) is 5.62. The smallest absolute Gasteiger partial charge is 0.207 e. The van der Waals surface area contributed by atoms with Gasteiger partial charge in [-0.2, -0.15) is 4.31 Å². The highest BCUT2D eigenvalue weighted by atomic mass is 35.5. The largest absolute Gasteiger partial charge is 0.243 e. The minimum Gasteiger partial charge on any atom is -0.207 e. The van der Waals surface area contributed by atoms with Crippen molar-refractivity contribution in [2.75, 3.05) is 7.05 Å². The summed E-state index contributed by atoms with van der Waals surface area (Å²) in [4.78, 5) is -0.132. The maximum atomic E-state index is 13.6. The SMILES string of the molecule is CCC(C)N(C)S(=O)(=O)c1cc(F)c(Cl)c(CCl)c1. The summed E-state index contributed by atoms with van der Waals surface area (Å²) in [6.45, 7) is 3.66. The first-order valence-electron chi connectivity index (χ1n) is 5.77. The van der Waals surface area contributed by atoms with Gasteiger partial charge in [-0.1, -0.05) is 18.5 Å². The van der Waals surface area contributed by atoms with E-state index < -0.39 is 15.8 Å². The molecule has 1 rings (SSSR count). The Balaban J connectivity index is 3.34. The Morgan fingerprint density at radius 2 is 2.00 bits per heavy atom. The summed E-state index contributed by atoms with van der Waals surface area (Å²) in [7, 11) is -2.28. The van der Waals surface area contributed by atoms with E-state index in [0.717, 1.165) is 6.07 Å². The van der Waals surface area contributed by atoms with Crippen LogP contribution in [0.4, 0.5) is 4.39 Å². The summed E-state index contributed by atoms with van der Waals surface area (Å²) in [5, 5.41) is -0.139. The molecule has 0 amide bonds. The number of sulfonamides is 1. The molecule has 1 unspecified atom stereocenters. The van der Waals surface area contributed by atoms with E-state index in [1.54, 1.807) is 6.92 Å². The van der Waals surface area contributed by atoms with Crippen LogP contribution in [0.5, 0.6) is 0 Å². The van der Waals surface area contributed by atoms with Gasteiger partial charge in [0.2, 0.25) is 10.0 Å². The summed E-state index contributed by atoms with van der Waals surface area (Å²) in [5.41, 5.74) is 0.263. The first-order chi connectivity index (χ1) is 8.75. The molecule has 3 nitrogen and oxygen atoms in total. The summed E-state index contributed by atoms with van der Waals surface area (Å²) in [5.74, 6) is -0.831. The second-order valence-corrected chi connectivity index (χ2v) is 6.93. The monoisotopic (exact) mass is 327 g/mol. The third-order valence-electron chi connectivity index (χ3n) is 3.11. The van der Waals surface area contributed by atoms with Gasteiger partial charge in [-0.15, -0.1) is 11.6 Å². The molecule has 1 aromatic rings. The molecule has 0 heterocycles. The molecule has 0 saturated heterocycles. The summed E-state index contributed by atoms with van der Waals surface area (Å²) in [6.07, 6.45) is 0.661. The molecule has 0 bridgehead atoms. The van der Waals surface area contributed by atoms with E-state index in [4.69, 9.17) is 23.2 Å². The summed E-state index contributed by atoms with van der Waals surface area (Å²) in [6, 6.07) is 2.06. The van der Waals surface area contributed by atoms with Crippen molar-refractivity contribution in [3.8, 4) is 0 Å². The first-order valence-corrected chi connectivity index (χ1v) is 8.12. The van der Waals surface area contributed by atoms with Crippen molar-refractivity contribution in [1.29, 1.82) is 0 Å². The second kappa shape index (κ2) is 6.39. The Hall–Kier alpha value is -0.360. The van der Waals surface area contributed by atoms with Gasteiger partial charge >= 0.3 is 0 Å². The van der Waals surface area contributed by atoms with E-state index in [0.29, 0.717) is 6.42 Å². The maximum absolute atomic E-state index is 13.6. The van der Waals surface area contributed by atoms with Gasteiger partial charge in [-0.05, 0) is 31.0 Å². The number of benzene rings is 1. The third kappa shape index (κ3) is 3.40. The zero-order valence-electron chi connectivity index (χ0n) is 11.0. The second-order valence-electron chi connectivity index (χ2n) is 4.29. The topological polar surface area (TPSA) is 37.4 Å². The van der Waals surface area contributed by atoms with Crippen molar-refractivity contribution >= 4 is 33.2 Å². The quantitative estimate of drug-likeness (QED) is 0.774. The van der Waals surface area contributed by atoms with Crippen LogP contribution in [0.3, 0.4) is 0 Å². The van der Waals surface area contributed by atoms with Gasteiger partial charge < -0.3 is 0 Å². The minimum absolute atomic E-state index is 0.0494. The van der Waals surface area contributed by atoms with Crippen molar-refractivity contribution in [3.05, 3.63) is 28.5 Å². The van der Waals surface area contributed by atoms with Gasteiger partial charge in [0.15, 0.2) is 0 Å². The number of alkyl halides is 1. The van der Waals surface area contributed by atoms with Gasteiger partial charge in [0.25, 0.3) is 0 Å². The van der Waals surface area contributed by atoms with Crippen LogP contribution < -0.4 is 0 Å². The van der Waals surface area contributed by atoms with Crippen LogP contribution in [0.15, 0.2) is 17.0 Å². The van der Waals surface area contributed by atoms with Crippen LogP contribution in [0.25, 0.3) is 0 Å². The summed E-state index contributed by atoms with van der Waals surface area (Å²) >= 11 is 11.4. The highest BCUT2D eigenvalue weighted by molar-refractivity contribution is 7.89. The molecule has 0 aliphatic heterocycles. The number of hydrogen-bond acceptors (Lipinski definition) is 2. The normalized spacial score (nSPS) is 13.8. The van der Waals surface area contributed by atoms with Gasteiger partial charge in [0.1, 0.15) is 5.82 Å². The average Bonchev–Trinajstić information content (AvgIpc) is 2.39. The van der Waals surface area contributed by atoms with Crippen molar-refractivity contribution in [3.63, 3.8) is 0 Å². The Labute approximate surface area is 123 Å². The molecule has 0 N–H and O–H groups in total. The molecule has 0 spiro atoms. The molecule has 1 atom stereocenters. The molecular weight excluding hydrogens is 312 g/mol. The van der Waals surface area contributed by atoms with Gasteiger partial charge in [0, 0.05) is 19.0 Å². The van der Waals surface area contributed by atoms with E-state index in [9.17, 15) is 12.8 Å². The lowest BCUT2D eigenvalue weighted by atomic mass is 10.2. The highest BCUT2D eigenvalue weighted by Crippen LogP contribution is 2.27. The standard InChI is InChI=1S/C12H16Cl2FNO2S/c1-4-8(2)16(3)19(17,18)10-5-9(7-13)12(14)11(15)6-10/h5-6,8H,4,7H2,1-3H3. The minimum atomic E-state index is -3.75.